The summed E-state index contributed by atoms with van der Waals surface area (Å²) >= 11 is 0. The number of hydrazine groups is 1. The molecule has 0 radical (unpaired) electrons. The molecule has 0 bridgehead atoms. The van der Waals surface area contributed by atoms with Gasteiger partial charge in [-0.05, 0) is 11.6 Å². The van der Waals surface area contributed by atoms with Crippen molar-refractivity contribution in [1.82, 2.24) is 9.97 Å². The summed E-state index contributed by atoms with van der Waals surface area (Å²) in [6.45, 7) is 0.440. The van der Waals surface area contributed by atoms with Gasteiger partial charge in [0.25, 0.3) is 0 Å². The molecule has 1 aromatic heterocycles. The van der Waals surface area contributed by atoms with Crippen LogP contribution in [0.2, 0.25) is 0 Å². The van der Waals surface area contributed by atoms with Gasteiger partial charge >= 0.3 is 0 Å². The summed E-state index contributed by atoms with van der Waals surface area (Å²) < 4.78 is 5.44. The monoisotopic (exact) mass is 242 g/mol. The van der Waals surface area contributed by atoms with Crippen molar-refractivity contribution in [2.75, 3.05) is 12.0 Å². The molecule has 1 heterocycles. The minimum absolute atomic E-state index is 0.440. The van der Waals surface area contributed by atoms with Crippen molar-refractivity contribution < 1.29 is 4.74 Å². The average Bonchev–Trinajstić information content (AvgIpc) is 2.45. The minimum atomic E-state index is 0.440. The van der Waals surface area contributed by atoms with Gasteiger partial charge in [0.15, 0.2) is 0 Å². The van der Waals surface area contributed by atoms with Crippen LogP contribution in [0.15, 0.2) is 48.8 Å². The maximum atomic E-state index is 5.44. The second-order valence-electron chi connectivity index (χ2n) is 3.51. The summed E-state index contributed by atoms with van der Waals surface area (Å²) in [5.41, 5.74) is 3.57. The van der Waals surface area contributed by atoms with E-state index in [1.165, 1.54) is 6.33 Å². The van der Waals surface area contributed by atoms with Gasteiger partial charge in [-0.3, -0.25) is 0 Å². The van der Waals surface area contributed by atoms with Gasteiger partial charge in [0, 0.05) is 6.07 Å². The SMILES string of the molecule is NNc1cc(OC/C=C/c2ccccc2)ncn1. The third-order valence-corrected chi connectivity index (χ3v) is 2.23. The predicted octanol–water partition coefficient (Wildman–Crippen LogP) is 1.85. The summed E-state index contributed by atoms with van der Waals surface area (Å²) in [6.07, 6.45) is 5.31. The molecule has 0 aliphatic rings. The van der Waals surface area contributed by atoms with E-state index >= 15 is 0 Å². The summed E-state index contributed by atoms with van der Waals surface area (Å²) in [5.74, 6) is 6.24. The van der Waals surface area contributed by atoms with E-state index in [1.54, 1.807) is 6.07 Å². The highest BCUT2D eigenvalue weighted by molar-refractivity contribution is 5.48. The molecular weight excluding hydrogens is 228 g/mol. The first-order chi connectivity index (χ1) is 8.88. The first kappa shape index (κ1) is 12.1. The molecule has 3 N–H and O–H groups in total. The second kappa shape index (κ2) is 6.36. The Balaban J connectivity index is 1.86. The van der Waals surface area contributed by atoms with Crippen LogP contribution in [0.1, 0.15) is 5.56 Å². The number of benzene rings is 1. The third kappa shape index (κ3) is 3.57. The van der Waals surface area contributed by atoms with Crippen LogP contribution in [0.4, 0.5) is 5.82 Å². The van der Waals surface area contributed by atoms with Crippen molar-refractivity contribution in [3.05, 3.63) is 54.4 Å². The summed E-state index contributed by atoms with van der Waals surface area (Å²) in [6, 6.07) is 11.6. The number of aromatic nitrogens is 2. The van der Waals surface area contributed by atoms with Gasteiger partial charge in [-0.1, -0.05) is 36.4 Å². The fraction of sp³-hybridized carbons (Fsp3) is 0.0769. The first-order valence-electron chi connectivity index (χ1n) is 5.51. The number of nitrogens with two attached hydrogens (primary N) is 1. The fourth-order valence-electron chi connectivity index (χ4n) is 1.38. The van der Waals surface area contributed by atoms with Crippen molar-refractivity contribution in [3.8, 4) is 5.88 Å². The van der Waals surface area contributed by atoms with Gasteiger partial charge in [-0.2, -0.15) is 0 Å². The topological polar surface area (TPSA) is 73.1 Å². The molecule has 0 aliphatic carbocycles. The summed E-state index contributed by atoms with van der Waals surface area (Å²) in [4.78, 5) is 7.86. The molecule has 0 spiro atoms. The van der Waals surface area contributed by atoms with Gasteiger partial charge in [0.2, 0.25) is 5.88 Å². The largest absolute Gasteiger partial charge is 0.473 e. The average molecular weight is 242 g/mol. The Labute approximate surface area is 105 Å². The zero-order valence-corrected chi connectivity index (χ0v) is 9.78. The van der Waals surface area contributed by atoms with E-state index in [0.717, 1.165) is 5.56 Å². The molecule has 0 fully saturated rings. The van der Waals surface area contributed by atoms with Crippen LogP contribution in [-0.2, 0) is 0 Å². The van der Waals surface area contributed by atoms with Gasteiger partial charge in [0.05, 0.1) is 0 Å². The molecule has 0 aliphatic heterocycles. The van der Waals surface area contributed by atoms with E-state index in [9.17, 15) is 0 Å². The van der Waals surface area contributed by atoms with Crippen molar-refractivity contribution in [2.45, 2.75) is 0 Å². The van der Waals surface area contributed by atoms with Crippen molar-refractivity contribution in [2.24, 2.45) is 5.84 Å². The highest BCUT2D eigenvalue weighted by Crippen LogP contribution is 2.09. The third-order valence-electron chi connectivity index (χ3n) is 2.23. The molecule has 5 nitrogen and oxygen atoms in total. The first-order valence-corrected chi connectivity index (χ1v) is 5.51. The zero-order valence-electron chi connectivity index (χ0n) is 9.78. The number of nitrogens with zero attached hydrogens (tertiary/aromatic N) is 2. The van der Waals surface area contributed by atoms with E-state index in [0.29, 0.717) is 18.3 Å². The Morgan fingerprint density at radius 1 is 1.22 bits per heavy atom. The van der Waals surface area contributed by atoms with E-state index < -0.39 is 0 Å². The Morgan fingerprint density at radius 2 is 2.06 bits per heavy atom. The molecule has 0 unspecified atom stereocenters. The lowest BCUT2D eigenvalue weighted by molar-refractivity contribution is 0.348. The molecule has 0 amide bonds. The summed E-state index contributed by atoms with van der Waals surface area (Å²) in [5, 5.41) is 0. The van der Waals surface area contributed by atoms with Gasteiger partial charge < -0.3 is 10.2 Å². The Kier molecular flexibility index (Phi) is 4.27. The molecule has 92 valence electrons. The maximum absolute atomic E-state index is 5.44. The Bertz CT molecular complexity index is 513. The lowest BCUT2D eigenvalue weighted by Gasteiger charge is -2.03. The van der Waals surface area contributed by atoms with Crippen LogP contribution in [0.5, 0.6) is 5.88 Å². The van der Waals surface area contributed by atoms with Crippen molar-refractivity contribution >= 4 is 11.9 Å². The van der Waals surface area contributed by atoms with E-state index in [2.05, 4.69) is 15.4 Å². The molecule has 0 saturated carbocycles. The zero-order chi connectivity index (χ0) is 12.6. The molecule has 0 atom stereocenters. The minimum Gasteiger partial charge on any atom is -0.473 e. The smallest absolute Gasteiger partial charge is 0.218 e. The van der Waals surface area contributed by atoms with Crippen molar-refractivity contribution in [1.29, 1.82) is 0 Å². The number of hydrogen-bond acceptors (Lipinski definition) is 5. The van der Waals surface area contributed by atoms with Gasteiger partial charge in [-0.25, -0.2) is 15.8 Å². The second-order valence-corrected chi connectivity index (χ2v) is 3.51. The normalized spacial score (nSPS) is 10.5. The number of nitrogen functional groups attached to an aromatic ring is 1. The molecule has 2 aromatic rings. The summed E-state index contributed by atoms with van der Waals surface area (Å²) in [7, 11) is 0. The molecule has 1 aromatic carbocycles. The lowest BCUT2D eigenvalue weighted by Crippen LogP contribution is -2.09. The molecule has 2 rings (SSSR count). The number of nitrogens with one attached hydrogen (secondary N) is 1. The fourth-order valence-corrected chi connectivity index (χ4v) is 1.38. The van der Waals surface area contributed by atoms with E-state index in [4.69, 9.17) is 10.6 Å². The predicted molar refractivity (Wildman–Crippen MR) is 70.8 cm³/mol. The molecule has 5 heteroatoms. The lowest BCUT2D eigenvalue weighted by atomic mass is 10.2. The number of rotatable bonds is 5. The standard InChI is InChI=1S/C13H14N4O/c14-17-12-9-13(16-10-15-12)18-8-4-7-11-5-2-1-3-6-11/h1-7,9-10H,8,14H2,(H,15,16,17)/b7-4+. The van der Waals surface area contributed by atoms with Crippen molar-refractivity contribution in [3.63, 3.8) is 0 Å². The van der Waals surface area contributed by atoms with Crippen LogP contribution < -0.4 is 16.0 Å². The highest BCUT2D eigenvalue weighted by atomic mass is 16.5. The number of ether oxygens (including phenoxy) is 1. The van der Waals surface area contributed by atoms with Crippen LogP contribution >= 0.6 is 0 Å². The quantitative estimate of drug-likeness (QED) is 0.618. The van der Waals surface area contributed by atoms with Crippen LogP contribution in [0, 0.1) is 0 Å². The van der Waals surface area contributed by atoms with Gasteiger partial charge in [0.1, 0.15) is 18.8 Å². The van der Waals surface area contributed by atoms with Gasteiger partial charge in [-0.15, -0.1) is 0 Å². The van der Waals surface area contributed by atoms with Crippen LogP contribution in [-0.4, -0.2) is 16.6 Å². The van der Waals surface area contributed by atoms with E-state index in [1.807, 2.05) is 42.5 Å². The molecular formula is C13H14N4O. The highest BCUT2D eigenvalue weighted by Gasteiger charge is 1.96. The Hall–Kier alpha value is -2.40. The Morgan fingerprint density at radius 3 is 2.83 bits per heavy atom. The number of hydrogen-bond donors (Lipinski definition) is 2. The molecule has 0 saturated heterocycles. The maximum Gasteiger partial charge on any atom is 0.218 e. The van der Waals surface area contributed by atoms with Crippen LogP contribution in [0.25, 0.3) is 6.08 Å². The molecule has 18 heavy (non-hydrogen) atoms. The van der Waals surface area contributed by atoms with E-state index in [-0.39, 0.29) is 0 Å². The number of anilines is 1. The van der Waals surface area contributed by atoms with Crippen LogP contribution in [0.3, 0.4) is 0 Å².